The summed E-state index contributed by atoms with van der Waals surface area (Å²) < 4.78 is 38.9. The average molecular weight is 494 g/mol. The molecule has 0 unspecified atom stereocenters. The summed E-state index contributed by atoms with van der Waals surface area (Å²) in [5.41, 5.74) is -0.245. The van der Waals surface area contributed by atoms with Crippen molar-refractivity contribution in [2.45, 2.75) is 0 Å². The van der Waals surface area contributed by atoms with Crippen molar-refractivity contribution in [1.82, 2.24) is 0 Å². The van der Waals surface area contributed by atoms with Crippen molar-refractivity contribution in [3.8, 4) is 23.0 Å². The number of hydrogen-bond acceptors (Lipinski definition) is 11. The molecule has 0 aromatic heterocycles. The quantitative estimate of drug-likeness (QED) is 0.448. The molecular weight excluding hydrogens is 468 g/mol. The van der Waals surface area contributed by atoms with Crippen LogP contribution < -0.4 is 18.9 Å². The molecule has 13 nitrogen and oxygen atoms in total. The highest BCUT2D eigenvalue weighted by Gasteiger charge is 2.15. The minimum absolute atomic E-state index is 0.122. The van der Waals surface area contributed by atoms with Crippen LogP contribution in [0.15, 0.2) is 36.4 Å². The highest BCUT2D eigenvalue weighted by Crippen LogP contribution is 2.32. The van der Waals surface area contributed by atoms with Crippen molar-refractivity contribution in [2.75, 3.05) is 66.1 Å². The zero-order valence-corrected chi connectivity index (χ0v) is 18.9. The lowest BCUT2D eigenvalue weighted by atomic mass is 10.3. The zero-order chi connectivity index (χ0) is 24.9. The van der Waals surface area contributed by atoms with Crippen LogP contribution >= 0.6 is 0 Å². The second-order valence-corrected chi connectivity index (χ2v) is 7.01. The number of nitro groups is 2. The van der Waals surface area contributed by atoms with E-state index in [-0.39, 0.29) is 75.7 Å². The summed E-state index contributed by atoms with van der Waals surface area (Å²) in [6.45, 7) is 2.19. The number of ether oxygens (including phenoxy) is 7. The summed E-state index contributed by atoms with van der Waals surface area (Å²) in [7, 11) is 0. The summed E-state index contributed by atoms with van der Waals surface area (Å²) in [6, 6.07) is 8.18. The van der Waals surface area contributed by atoms with E-state index >= 15 is 0 Å². The van der Waals surface area contributed by atoms with E-state index in [0.717, 1.165) is 0 Å². The third-order valence-electron chi connectivity index (χ3n) is 4.59. The lowest BCUT2D eigenvalue weighted by Gasteiger charge is -2.13. The first-order valence-corrected chi connectivity index (χ1v) is 10.9. The van der Waals surface area contributed by atoms with Gasteiger partial charge in [0.15, 0.2) is 23.0 Å². The number of non-ortho nitro benzene ring substituents is 2. The standard InChI is InChI=1S/C22H26N2O11/c25-23(26)17-2-4-20-21(15-17)34-13-9-30-6-5-29-7-11-32-19-3-1-18(24(27)28)16-22(19)35-14-10-31-8-12-33-20/h1-4,15-16H,5-14H2. The van der Waals surface area contributed by atoms with Gasteiger partial charge in [0.05, 0.1) is 61.6 Å². The normalized spacial score (nSPS) is 16.5. The van der Waals surface area contributed by atoms with Gasteiger partial charge >= 0.3 is 0 Å². The fraction of sp³-hybridized carbons (Fsp3) is 0.455. The Morgan fingerprint density at radius 2 is 0.800 bits per heavy atom. The van der Waals surface area contributed by atoms with Gasteiger partial charge in [-0.25, -0.2) is 0 Å². The number of nitro benzene ring substituents is 2. The van der Waals surface area contributed by atoms with Gasteiger partial charge in [0.1, 0.15) is 26.4 Å². The maximum absolute atomic E-state index is 11.1. The Kier molecular flexibility index (Phi) is 10.3. The molecule has 0 amide bonds. The molecule has 190 valence electrons. The molecule has 3 rings (SSSR count). The van der Waals surface area contributed by atoms with Crippen molar-refractivity contribution in [1.29, 1.82) is 0 Å². The van der Waals surface area contributed by atoms with E-state index in [9.17, 15) is 20.2 Å². The van der Waals surface area contributed by atoms with Crippen molar-refractivity contribution in [3.63, 3.8) is 0 Å². The zero-order valence-electron chi connectivity index (χ0n) is 18.9. The molecule has 0 saturated heterocycles. The van der Waals surface area contributed by atoms with E-state index in [1.54, 1.807) is 0 Å². The molecule has 0 bridgehead atoms. The first-order chi connectivity index (χ1) is 17.0. The van der Waals surface area contributed by atoms with Crippen LogP contribution in [-0.4, -0.2) is 75.9 Å². The summed E-state index contributed by atoms with van der Waals surface area (Å²) in [5.74, 6) is 1.14. The number of hydrogen-bond donors (Lipinski definition) is 0. The SMILES string of the molecule is O=[N+]([O-])c1ccc2c(c1)OCCOCCOCCOc1ccc([N+](=O)[O-])cc1OCCOCCO2. The van der Waals surface area contributed by atoms with E-state index in [2.05, 4.69) is 0 Å². The van der Waals surface area contributed by atoms with E-state index in [0.29, 0.717) is 24.7 Å². The third kappa shape index (κ3) is 8.55. The second kappa shape index (κ2) is 13.9. The van der Waals surface area contributed by atoms with Crippen LogP contribution in [0.3, 0.4) is 0 Å². The van der Waals surface area contributed by atoms with Gasteiger partial charge in [-0.1, -0.05) is 0 Å². The molecule has 0 saturated carbocycles. The molecule has 0 N–H and O–H groups in total. The molecule has 1 aliphatic heterocycles. The van der Waals surface area contributed by atoms with Gasteiger partial charge in [-0.05, 0) is 12.1 Å². The van der Waals surface area contributed by atoms with Gasteiger partial charge < -0.3 is 33.2 Å². The van der Waals surface area contributed by atoms with E-state index in [1.807, 2.05) is 0 Å². The summed E-state index contributed by atoms with van der Waals surface area (Å²) >= 11 is 0. The highest BCUT2D eigenvalue weighted by molar-refractivity contribution is 5.49. The Bertz CT molecular complexity index is 986. The largest absolute Gasteiger partial charge is 0.487 e. The Balaban J connectivity index is 1.62. The lowest BCUT2D eigenvalue weighted by molar-refractivity contribution is -0.385. The van der Waals surface area contributed by atoms with E-state index in [1.165, 1.54) is 36.4 Å². The van der Waals surface area contributed by atoms with E-state index in [4.69, 9.17) is 33.2 Å². The monoisotopic (exact) mass is 494 g/mol. The van der Waals surface area contributed by atoms with Crippen molar-refractivity contribution in [3.05, 3.63) is 56.6 Å². The molecule has 35 heavy (non-hydrogen) atoms. The molecule has 0 spiro atoms. The van der Waals surface area contributed by atoms with Gasteiger partial charge in [0, 0.05) is 12.1 Å². The molecule has 0 aliphatic carbocycles. The lowest BCUT2D eigenvalue weighted by Crippen LogP contribution is -2.14. The smallest absolute Gasteiger partial charge is 0.273 e. The van der Waals surface area contributed by atoms with Crippen LogP contribution in [0.2, 0.25) is 0 Å². The van der Waals surface area contributed by atoms with Crippen LogP contribution in [0.5, 0.6) is 23.0 Å². The predicted molar refractivity (Wildman–Crippen MR) is 121 cm³/mol. The molecule has 0 radical (unpaired) electrons. The van der Waals surface area contributed by atoms with Crippen LogP contribution in [0.1, 0.15) is 0 Å². The van der Waals surface area contributed by atoms with Crippen molar-refractivity contribution in [2.24, 2.45) is 0 Å². The maximum Gasteiger partial charge on any atom is 0.273 e. The Labute approximate surface area is 200 Å². The van der Waals surface area contributed by atoms with Gasteiger partial charge in [-0.15, -0.1) is 0 Å². The molecular formula is C22H26N2O11. The van der Waals surface area contributed by atoms with Crippen LogP contribution in [0, 0.1) is 20.2 Å². The summed E-state index contributed by atoms with van der Waals surface area (Å²) in [5, 5.41) is 22.2. The van der Waals surface area contributed by atoms with Gasteiger partial charge in [0.25, 0.3) is 11.4 Å². The molecule has 1 heterocycles. The van der Waals surface area contributed by atoms with Crippen molar-refractivity contribution < 1.29 is 43.0 Å². The molecule has 0 fully saturated rings. The van der Waals surface area contributed by atoms with Crippen LogP contribution in [0.25, 0.3) is 0 Å². The minimum atomic E-state index is -0.517. The number of fused-ring (bicyclic) bond motifs is 2. The Morgan fingerprint density at radius 1 is 0.486 bits per heavy atom. The van der Waals surface area contributed by atoms with Crippen molar-refractivity contribution >= 4 is 11.4 Å². The maximum atomic E-state index is 11.1. The first-order valence-electron chi connectivity index (χ1n) is 10.9. The summed E-state index contributed by atoms with van der Waals surface area (Å²) in [6.07, 6.45) is 0. The Hall–Kier alpha value is -3.68. The van der Waals surface area contributed by atoms with Gasteiger partial charge in [-0.3, -0.25) is 20.2 Å². The van der Waals surface area contributed by atoms with Crippen LogP contribution in [-0.2, 0) is 14.2 Å². The van der Waals surface area contributed by atoms with E-state index < -0.39 is 9.85 Å². The number of nitrogens with zero attached hydrogens (tertiary/aromatic N) is 2. The predicted octanol–water partition coefficient (Wildman–Crippen LogP) is 2.78. The highest BCUT2D eigenvalue weighted by atomic mass is 16.6. The molecule has 13 heteroatoms. The number of rotatable bonds is 2. The third-order valence-corrected chi connectivity index (χ3v) is 4.59. The molecule has 1 aliphatic rings. The topological polar surface area (TPSA) is 151 Å². The van der Waals surface area contributed by atoms with Crippen LogP contribution in [0.4, 0.5) is 11.4 Å². The molecule has 2 aromatic rings. The fourth-order valence-electron chi connectivity index (χ4n) is 2.95. The average Bonchev–Trinajstić information content (AvgIpc) is 2.84. The van der Waals surface area contributed by atoms with Gasteiger partial charge in [-0.2, -0.15) is 0 Å². The molecule has 2 aromatic carbocycles. The fourth-order valence-corrected chi connectivity index (χ4v) is 2.95. The minimum Gasteiger partial charge on any atom is -0.487 e. The number of benzene rings is 2. The Morgan fingerprint density at radius 3 is 1.14 bits per heavy atom. The van der Waals surface area contributed by atoms with Gasteiger partial charge in [0.2, 0.25) is 0 Å². The summed E-state index contributed by atoms with van der Waals surface area (Å²) in [4.78, 5) is 21.1. The first kappa shape index (κ1) is 25.9. The molecule has 0 atom stereocenters. The second-order valence-electron chi connectivity index (χ2n) is 7.01.